The Kier molecular flexibility index (Phi) is 6.95. The Morgan fingerprint density at radius 3 is 2.50 bits per heavy atom. The van der Waals surface area contributed by atoms with E-state index in [0.29, 0.717) is 29.6 Å². The van der Waals surface area contributed by atoms with Gasteiger partial charge in [-0.1, -0.05) is 32.4 Å². The van der Waals surface area contributed by atoms with Crippen molar-refractivity contribution in [1.82, 2.24) is 9.62 Å². The van der Waals surface area contributed by atoms with Gasteiger partial charge in [0.2, 0.25) is 10.0 Å². The first-order valence-corrected chi connectivity index (χ1v) is 8.78. The highest BCUT2D eigenvalue weighted by atomic mass is 35.5. The number of nitrogens with zero attached hydrogens (tertiary/aromatic N) is 1. The summed E-state index contributed by atoms with van der Waals surface area (Å²) in [5.74, 6) is 0. The predicted octanol–water partition coefficient (Wildman–Crippen LogP) is 2.87. The smallest absolute Gasteiger partial charge is 0.243 e. The van der Waals surface area contributed by atoms with Crippen LogP contribution in [0, 0.1) is 0 Å². The molecule has 0 amide bonds. The molecule has 0 aliphatic carbocycles. The Bertz CT molecular complexity index is 532. The third-order valence-corrected chi connectivity index (χ3v) is 5.39. The van der Waals surface area contributed by atoms with Gasteiger partial charge in [0, 0.05) is 24.7 Å². The van der Waals surface area contributed by atoms with Gasteiger partial charge in [0.05, 0.1) is 4.90 Å². The Balaban J connectivity index is 3.11. The highest BCUT2D eigenvalue weighted by Gasteiger charge is 2.22. The number of halogens is 1. The predicted molar refractivity (Wildman–Crippen MR) is 83.6 cm³/mol. The highest BCUT2D eigenvalue weighted by molar-refractivity contribution is 7.89. The van der Waals surface area contributed by atoms with Crippen LogP contribution in [0.15, 0.2) is 23.1 Å². The fourth-order valence-corrected chi connectivity index (χ4v) is 3.73. The SMILES string of the molecule is CCCN(CC)S(=O)(=O)c1ccc(Cl)c(CNCC)c1. The molecule has 114 valence electrons. The van der Waals surface area contributed by atoms with Crippen LogP contribution in [0.1, 0.15) is 32.8 Å². The van der Waals surface area contributed by atoms with Gasteiger partial charge in [-0.15, -0.1) is 0 Å². The maximum atomic E-state index is 12.6. The van der Waals surface area contributed by atoms with Crippen molar-refractivity contribution in [2.45, 2.75) is 38.6 Å². The van der Waals surface area contributed by atoms with Crippen molar-refractivity contribution in [3.63, 3.8) is 0 Å². The molecule has 20 heavy (non-hydrogen) atoms. The molecule has 4 nitrogen and oxygen atoms in total. The lowest BCUT2D eigenvalue weighted by Crippen LogP contribution is -2.31. The molecule has 1 aromatic rings. The van der Waals surface area contributed by atoms with Gasteiger partial charge >= 0.3 is 0 Å². The van der Waals surface area contributed by atoms with Gasteiger partial charge in [-0.25, -0.2) is 8.42 Å². The van der Waals surface area contributed by atoms with Crippen LogP contribution in [0.2, 0.25) is 5.02 Å². The molecule has 0 bridgehead atoms. The number of benzene rings is 1. The molecular formula is C14H23ClN2O2S. The van der Waals surface area contributed by atoms with Crippen molar-refractivity contribution in [3.8, 4) is 0 Å². The van der Waals surface area contributed by atoms with Crippen LogP contribution in [0.5, 0.6) is 0 Å². The fourth-order valence-electron chi connectivity index (χ4n) is 1.95. The Labute approximate surface area is 127 Å². The van der Waals surface area contributed by atoms with Crippen molar-refractivity contribution >= 4 is 21.6 Å². The van der Waals surface area contributed by atoms with Gasteiger partial charge < -0.3 is 5.32 Å². The lowest BCUT2D eigenvalue weighted by atomic mass is 10.2. The minimum absolute atomic E-state index is 0.310. The van der Waals surface area contributed by atoms with Crippen LogP contribution in [-0.4, -0.2) is 32.4 Å². The van der Waals surface area contributed by atoms with Crippen LogP contribution in [0.25, 0.3) is 0 Å². The van der Waals surface area contributed by atoms with Crippen molar-refractivity contribution in [1.29, 1.82) is 0 Å². The monoisotopic (exact) mass is 318 g/mol. The molecule has 1 rings (SSSR count). The van der Waals surface area contributed by atoms with Gasteiger partial charge in [-0.05, 0) is 36.7 Å². The molecule has 1 aromatic carbocycles. The van der Waals surface area contributed by atoms with E-state index in [1.807, 2.05) is 20.8 Å². The summed E-state index contributed by atoms with van der Waals surface area (Å²) in [6.45, 7) is 8.20. The van der Waals surface area contributed by atoms with Gasteiger partial charge in [0.25, 0.3) is 0 Å². The Morgan fingerprint density at radius 1 is 1.25 bits per heavy atom. The summed E-state index contributed by atoms with van der Waals surface area (Å²) in [5, 5.41) is 3.75. The second kappa shape index (κ2) is 7.98. The minimum Gasteiger partial charge on any atom is -0.313 e. The number of nitrogens with one attached hydrogen (secondary N) is 1. The van der Waals surface area contributed by atoms with Crippen molar-refractivity contribution in [2.24, 2.45) is 0 Å². The third kappa shape index (κ3) is 4.19. The Morgan fingerprint density at radius 2 is 1.95 bits per heavy atom. The van der Waals surface area contributed by atoms with E-state index < -0.39 is 10.0 Å². The quantitative estimate of drug-likeness (QED) is 0.802. The first kappa shape index (κ1) is 17.4. The molecule has 0 fully saturated rings. The first-order valence-electron chi connectivity index (χ1n) is 6.96. The van der Waals surface area contributed by atoms with Crippen LogP contribution in [0.4, 0.5) is 0 Å². The van der Waals surface area contributed by atoms with E-state index in [2.05, 4.69) is 5.32 Å². The highest BCUT2D eigenvalue weighted by Crippen LogP contribution is 2.23. The van der Waals surface area contributed by atoms with E-state index in [0.717, 1.165) is 18.5 Å². The third-order valence-electron chi connectivity index (χ3n) is 3.05. The van der Waals surface area contributed by atoms with Crippen molar-refractivity contribution < 1.29 is 8.42 Å². The summed E-state index contributed by atoms with van der Waals surface area (Å²) < 4.78 is 26.6. The summed E-state index contributed by atoms with van der Waals surface area (Å²) in [4.78, 5) is 0.310. The second-order valence-electron chi connectivity index (χ2n) is 4.53. The van der Waals surface area contributed by atoms with E-state index in [1.54, 1.807) is 18.2 Å². The summed E-state index contributed by atoms with van der Waals surface area (Å²) in [5.41, 5.74) is 0.808. The number of hydrogen-bond donors (Lipinski definition) is 1. The largest absolute Gasteiger partial charge is 0.313 e. The summed E-state index contributed by atoms with van der Waals surface area (Å²) in [7, 11) is -3.43. The molecule has 0 radical (unpaired) electrons. The maximum absolute atomic E-state index is 12.6. The first-order chi connectivity index (χ1) is 9.47. The van der Waals surface area contributed by atoms with Gasteiger partial charge in [-0.2, -0.15) is 4.31 Å². The van der Waals surface area contributed by atoms with Crippen LogP contribution in [-0.2, 0) is 16.6 Å². The summed E-state index contributed by atoms with van der Waals surface area (Å²) >= 11 is 6.11. The zero-order valence-electron chi connectivity index (χ0n) is 12.3. The number of sulfonamides is 1. The molecule has 0 heterocycles. The van der Waals surface area contributed by atoms with E-state index in [9.17, 15) is 8.42 Å². The van der Waals surface area contributed by atoms with Crippen molar-refractivity contribution in [3.05, 3.63) is 28.8 Å². The second-order valence-corrected chi connectivity index (χ2v) is 6.88. The molecular weight excluding hydrogens is 296 g/mol. The summed E-state index contributed by atoms with van der Waals surface area (Å²) in [6.07, 6.45) is 0.797. The molecule has 0 unspecified atom stereocenters. The zero-order valence-corrected chi connectivity index (χ0v) is 13.9. The average molecular weight is 319 g/mol. The lowest BCUT2D eigenvalue weighted by molar-refractivity contribution is 0.427. The number of hydrogen-bond acceptors (Lipinski definition) is 3. The standard InChI is InChI=1S/C14H23ClN2O2S/c1-4-9-17(6-3)20(18,19)13-7-8-14(15)12(10-13)11-16-5-2/h7-8,10,16H,4-6,9,11H2,1-3H3. The molecule has 0 aliphatic rings. The van der Waals surface area contributed by atoms with E-state index in [1.165, 1.54) is 4.31 Å². The zero-order chi connectivity index (χ0) is 15.2. The topological polar surface area (TPSA) is 49.4 Å². The molecule has 0 aliphatic heterocycles. The molecule has 0 saturated heterocycles. The van der Waals surface area contributed by atoms with Crippen molar-refractivity contribution in [2.75, 3.05) is 19.6 Å². The summed E-state index contributed by atoms with van der Waals surface area (Å²) in [6, 6.07) is 4.89. The van der Waals surface area contributed by atoms with Gasteiger partial charge in [-0.3, -0.25) is 0 Å². The molecule has 1 N–H and O–H groups in total. The van der Waals surface area contributed by atoms with Gasteiger partial charge in [0.15, 0.2) is 0 Å². The fraction of sp³-hybridized carbons (Fsp3) is 0.571. The maximum Gasteiger partial charge on any atom is 0.243 e. The molecule has 0 aromatic heterocycles. The molecule has 0 saturated carbocycles. The number of rotatable bonds is 8. The van der Waals surface area contributed by atoms with Crippen LogP contribution < -0.4 is 5.32 Å². The van der Waals surface area contributed by atoms with Crippen LogP contribution >= 0.6 is 11.6 Å². The molecule has 0 spiro atoms. The van der Waals surface area contributed by atoms with E-state index >= 15 is 0 Å². The lowest BCUT2D eigenvalue weighted by Gasteiger charge is -2.20. The molecule has 6 heteroatoms. The normalized spacial score (nSPS) is 12.1. The Hall–Kier alpha value is -0.620. The van der Waals surface area contributed by atoms with E-state index in [4.69, 9.17) is 11.6 Å². The minimum atomic E-state index is -3.43. The van der Waals surface area contributed by atoms with E-state index in [-0.39, 0.29) is 0 Å². The van der Waals surface area contributed by atoms with Gasteiger partial charge in [0.1, 0.15) is 0 Å². The average Bonchev–Trinajstić information content (AvgIpc) is 2.43. The molecule has 0 atom stereocenters. The van der Waals surface area contributed by atoms with Crippen LogP contribution in [0.3, 0.4) is 0 Å².